The van der Waals surface area contributed by atoms with Gasteiger partial charge in [-0.1, -0.05) is 25.4 Å². The van der Waals surface area contributed by atoms with Crippen LogP contribution in [0, 0.1) is 12.8 Å². The predicted octanol–water partition coefficient (Wildman–Crippen LogP) is 3.64. The number of benzene rings is 1. The monoisotopic (exact) mass is 273 g/mol. The Kier molecular flexibility index (Phi) is 5.29. The van der Waals surface area contributed by atoms with Crippen LogP contribution in [0.2, 0.25) is 5.02 Å². The third kappa shape index (κ3) is 3.90. The van der Waals surface area contributed by atoms with Gasteiger partial charge in [-0.2, -0.15) is 0 Å². The zero-order chi connectivity index (χ0) is 13.0. The molecule has 2 nitrogen and oxygen atoms in total. The summed E-state index contributed by atoms with van der Waals surface area (Å²) in [4.78, 5) is 12.0. The van der Waals surface area contributed by atoms with Crippen LogP contribution in [-0.4, -0.2) is 17.8 Å². The van der Waals surface area contributed by atoms with Crippen molar-refractivity contribution in [1.29, 1.82) is 0 Å². The molecular formula is C13H17Cl2NO. The van der Waals surface area contributed by atoms with Crippen molar-refractivity contribution in [2.45, 2.75) is 26.8 Å². The maximum Gasteiger partial charge on any atom is 0.251 e. The van der Waals surface area contributed by atoms with Crippen molar-refractivity contribution < 1.29 is 4.79 Å². The molecule has 0 radical (unpaired) electrons. The standard InChI is InChI=1S/C13H17Cl2NO/c1-8(2)12(7-14)16-13(17)11-5-4-10(15)6-9(11)3/h4-6,8,12H,7H2,1-3H3,(H,16,17). The lowest BCUT2D eigenvalue weighted by molar-refractivity contribution is 0.0930. The summed E-state index contributed by atoms with van der Waals surface area (Å²) in [5.41, 5.74) is 1.51. The molecule has 1 amide bonds. The molecule has 0 spiro atoms. The molecule has 1 N–H and O–H groups in total. The van der Waals surface area contributed by atoms with E-state index in [0.717, 1.165) is 5.56 Å². The normalized spacial score (nSPS) is 12.6. The molecular weight excluding hydrogens is 257 g/mol. The van der Waals surface area contributed by atoms with E-state index in [4.69, 9.17) is 23.2 Å². The highest BCUT2D eigenvalue weighted by Crippen LogP contribution is 2.15. The van der Waals surface area contributed by atoms with Gasteiger partial charge in [-0.3, -0.25) is 4.79 Å². The minimum atomic E-state index is -0.0986. The van der Waals surface area contributed by atoms with Crippen LogP contribution in [0.25, 0.3) is 0 Å². The summed E-state index contributed by atoms with van der Waals surface area (Å²) in [6.45, 7) is 5.93. The van der Waals surface area contributed by atoms with Gasteiger partial charge in [0, 0.05) is 22.5 Å². The summed E-state index contributed by atoms with van der Waals surface area (Å²) in [5, 5.41) is 3.56. The number of aryl methyl sites for hydroxylation is 1. The summed E-state index contributed by atoms with van der Waals surface area (Å²) in [5.74, 6) is 0.623. The molecule has 1 aromatic carbocycles. The third-order valence-corrected chi connectivity index (χ3v) is 3.29. The second kappa shape index (κ2) is 6.27. The highest BCUT2D eigenvalue weighted by atomic mass is 35.5. The number of carbonyl (C=O) groups is 1. The number of hydrogen-bond acceptors (Lipinski definition) is 1. The average molecular weight is 274 g/mol. The van der Waals surface area contributed by atoms with Gasteiger partial charge >= 0.3 is 0 Å². The molecule has 17 heavy (non-hydrogen) atoms. The molecule has 1 aromatic rings. The van der Waals surface area contributed by atoms with Crippen molar-refractivity contribution in [3.8, 4) is 0 Å². The second-order valence-electron chi connectivity index (χ2n) is 4.44. The van der Waals surface area contributed by atoms with Gasteiger partial charge in [0.25, 0.3) is 5.91 Å². The molecule has 0 saturated carbocycles. The Hall–Kier alpha value is -0.730. The van der Waals surface area contributed by atoms with E-state index in [-0.39, 0.29) is 11.9 Å². The van der Waals surface area contributed by atoms with Gasteiger partial charge in [-0.15, -0.1) is 11.6 Å². The zero-order valence-corrected chi connectivity index (χ0v) is 11.8. The molecule has 1 rings (SSSR count). The summed E-state index contributed by atoms with van der Waals surface area (Å²) in [6.07, 6.45) is 0. The van der Waals surface area contributed by atoms with Crippen molar-refractivity contribution in [3.63, 3.8) is 0 Å². The number of nitrogens with one attached hydrogen (secondary N) is 1. The molecule has 94 valence electrons. The molecule has 0 bridgehead atoms. The molecule has 0 saturated heterocycles. The van der Waals surface area contributed by atoms with E-state index in [0.29, 0.717) is 22.4 Å². The molecule has 1 unspecified atom stereocenters. The third-order valence-electron chi connectivity index (χ3n) is 2.72. The minimum absolute atomic E-state index is 0.0146. The highest BCUT2D eigenvalue weighted by molar-refractivity contribution is 6.30. The van der Waals surface area contributed by atoms with Crippen LogP contribution in [0.15, 0.2) is 18.2 Å². The van der Waals surface area contributed by atoms with E-state index in [1.165, 1.54) is 0 Å². The molecule has 0 aliphatic heterocycles. The molecule has 0 aliphatic carbocycles. The van der Waals surface area contributed by atoms with Crippen LogP contribution in [0.5, 0.6) is 0 Å². The van der Waals surface area contributed by atoms with Gasteiger partial charge in [0.2, 0.25) is 0 Å². The van der Waals surface area contributed by atoms with E-state index in [9.17, 15) is 4.79 Å². The zero-order valence-electron chi connectivity index (χ0n) is 10.3. The van der Waals surface area contributed by atoms with Crippen molar-refractivity contribution in [1.82, 2.24) is 5.32 Å². The van der Waals surface area contributed by atoms with E-state index >= 15 is 0 Å². The fourth-order valence-electron chi connectivity index (χ4n) is 1.51. The number of rotatable bonds is 4. The first-order valence-corrected chi connectivity index (χ1v) is 6.50. The first-order valence-electron chi connectivity index (χ1n) is 5.58. The van der Waals surface area contributed by atoms with E-state index in [2.05, 4.69) is 5.32 Å². The van der Waals surface area contributed by atoms with Crippen LogP contribution in [-0.2, 0) is 0 Å². The Morgan fingerprint density at radius 1 is 1.41 bits per heavy atom. The minimum Gasteiger partial charge on any atom is -0.348 e. The number of amides is 1. The van der Waals surface area contributed by atoms with Gasteiger partial charge in [0.15, 0.2) is 0 Å². The maximum atomic E-state index is 12.0. The Labute approximate surface area is 112 Å². The average Bonchev–Trinajstić information content (AvgIpc) is 2.24. The van der Waals surface area contributed by atoms with Crippen molar-refractivity contribution >= 4 is 29.1 Å². The first kappa shape index (κ1) is 14.3. The largest absolute Gasteiger partial charge is 0.348 e. The summed E-state index contributed by atoms with van der Waals surface area (Å²) in [7, 11) is 0. The van der Waals surface area contributed by atoms with Crippen LogP contribution in [0.1, 0.15) is 29.8 Å². The molecule has 0 aromatic heterocycles. The number of alkyl halides is 1. The van der Waals surface area contributed by atoms with Crippen molar-refractivity contribution in [3.05, 3.63) is 34.3 Å². The fourth-order valence-corrected chi connectivity index (χ4v) is 2.17. The summed E-state index contributed by atoms with van der Waals surface area (Å²) < 4.78 is 0. The molecule has 0 heterocycles. The topological polar surface area (TPSA) is 29.1 Å². The van der Waals surface area contributed by atoms with E-state index in [1.807, 2.05) is 20.8 Å². The Bertz CT molecular complexity index is 404. The number of carbonyl (C=O) groups excluding carboxylic acids is 1. The molecule has 0 fully saturated rings. The Balaban J connectivity index is 2.82. The van der Waals surface area contributed by atoms with Crippen molar-refractivity contribution in [2.75, 3.05) is 5.88 Å². The van der Waals surface area contributed by atoms with Gasteiger partial charge in [0.05, 0.1) is 0 Å². The van der Waals surface area contributed by atoms with Crippen LogP contribution >= 0.6 is 23.2 Å². The lowest BCUT2D eigenvalue weighted by Gasteiger charge is -2.20. The smallest absolute Gasteiger partial charge is 0.251 e. The molecule has 1 atom stereocenters. The second-order valence-corrected chi connectivity index (χ2v) is 5.18. The van der Waals surface area contributed by atoms with Crippen molar-refractivity contribution in [2.24, 2.45) is 5.92 Å². The highest BCUT2D eigenvalue weighted by Gasteiger charge is 2.17. The summed E-state index contributed by atoms with van der Waals surface area (Å²) >= 11 is 11.7. The number of halogens is 2. The lowest BCUT2D eigenvalue weighted by Crippen LogP contribution is -2.40. The maximum absolute atomic E-state index is 12.0. The van der Waals surface area contributed by atoms with Crippen LogP contribution in [0.4, 0.5) is 0 Å². The first-order chi connectivity index (χ1) is 7.95. The Morgan fingerprint density at radius 3 is 2.53 bits per heavy atom. The molecule has 4 heteroatoms. The van der Waals surface area contributed by atoms with Gasteiger partial charge in [-0.25, -0.2) is 0 Å². The fraction of sp³-hybridized carbons (Fsp3) is 0.462. The number of hydrogen-bond donors (Lipinski definition) is 1. The molecule has 0 aliphatic rings. The van der Waals surface area contributed by atoms with Gasteiger partial charge in [0.1, 0.15) is 0 Å². The quantitative estimate of drug-likeness (QED) is 0.834. The Morgan fingerprint density at radius 2 is 2.06 bits per heavy atom. The van der Waals surface area contributed by atoms with Gasteiger partial charge < -0.3 is 5.32 Å². The SMILES string of the molecule is Cc1cc(Cl)ccc1C(=O)NC(CCl)C(C)C. The van der Waals surface area contributed by atoms with Gasteiger partial charge in [-0.05, 0) is 36.6 Å². The lowest BCUT2D eigenvalue weighted by atomic mass is 10.0. The summed E-state index contributed by atoms with van der Waals surface area (Å²) in [6, 6.07) is 5.22. The van der Waals surface area contributed by atoms with Crippen LogP contribution in [0.3, 0.4) is 0 Å². The predicted molar refractivity (Wildman–Crippen MR) is 73.0 cm³/mol. The van der Waals surface area contributed by atoms with Crippen LogP contribution < -0.4 is 5.32 Å². The van der Waals surface area contributed by atoms with E-state index < -0.39 is 0 Å². The van der Waals surface area contributed by atoms with E-state index in [1.54, 1.807) is 18.2 Å².